The number of carboxylic acids is 2. The Balaban J connectivity index is 1.95. The molecule has 1 aliphatic heterocycles. The Hall–Kier alpha value is -2.16. The Morgan fingerprint density at radius 1 is 1.18 bits per heavy atom. The van der Waals surface area contributed by atoms with Gasteiger partial charge in [-0.25, -0.2) is 0 Å². The molecule has 0 amide bonds. The van der Waals surface area contributed by atoms with Crippen molar-refractivity contribution >= 4 is 38.8 Å². The van der Waals surface area contributed by atoms with Crippen LogP contribution < -0.4 is 0 Å². The Morgan fingerprint density at radius 2 is 1.86 bits per heavy atom. The summed E-state index contributed by atoms with van der Waals surface area (Å²) in [6.45, 7) is 9.34. The molecule has 8 heteroatoms. The van der Waals surface area contributed by atoms with Crippen LogP contribution in [0.4, 0.5) is 0 Å². The van der Waals surface area contributed by atoms with Gasteiger partial charge in [-0.1, -0.05) is 34.1 Å². The van der Waals surface area contributed by atoms with Crippen molar-refractivity contribution in [3.63, 3.8) is 0 Å². The van der Waals surface area contributed by atoms with Crippen LogP contribution in [0.25, 0.3) is 10.9 Å². The van der Waals surface area contributed by atoms with E-state index in [-0.39, 0.29) is 6.54 Å². The van der Waals surface area contributed by atoms with Crippen molar-refractivity contribution in [2.75, 3.05) is 32.7 Å². The molecule has 2 N–H and O–H groups in total. The zero-order chi connectivity index (χ0) is 20.4. The maximum Gasteiger partial charge on any atom is 0.325 e. The summed E-state index contributed by atoms with van der Waals surface area (Å²) in [6, 6.07) is 4.71. The van der Waals surface area contributed by atoms with Crippen molar-refractivity contribution in [1.82, 2.24) is 14.4 Å². The predicted octanol–water partition coefficient (Wildman–Crippen LogP) is 2.81. The number of benzene rings is 1. The average Bonchev–Trinajstić information content (AvgIpc) is 2.92. The maximum absolute atomic E-state index is 12.2. The van der Waals surface area contributed by atoms with Gasteiger partial charge in [-0.3, -0.25) is 19.4 Å². The molecule has 1 unspecified atom stereocenters. The van der Waals surface area contributed by atoms with Gasteiger partial charge >= 0.3 is 11.9 Å². The number of fused-ring (bicyclic) bond motifs is 1. The normalized spacial score (nSPS) is 16.9. The van der Waals surface area contributed by atoms with Crippen LogP contribution in [0.3, 0.4) is 0 Å². The van der Waals surface area contributed by atoms with Crippen LogP contribution in [-0.4, -0.2) is 69.2 Å². The summed E-state index contributed by atoms with van der Waals surface area (Å²) in [7, 11) is 0. The van der Waals surface area contributed by atoms with Crippen LogP contribution in [0.2, 0.25) is 0 Å². The third-order valence-corrected chi connectivity index (χ3v) is 5.47. The number of aliphatic carboxylic acids is 2. The molecular formula is C20H24BrN3O4. The van der Waals surface area contributed by atoms with Crippen molar-refractivity contribution in [2.24, 2.45) is 0 Å². The number of hydrogen-bond donors (Lipinski definition) is 2. The summed E-state index contributed by atoms with van der Waals surface area (Å²) in [5, 5.41) is 20.0. The molecule has 1 aliphatic rings. The van der Waals surface area contributed by atoms with Gasteiger partial charge in [0.15, 0.2) is 0 Å². The van der Waals surface area contributed by atoms with E-state index >= 15 is 0 Å². The summed E-state index contributed by atoms with van der Waals surface area (Å²) in [5.74, 6) is -1.89. The molecule has 0 aliphatic carbocycles. The zero-order valence-electron chi connectivity index (χ0n) is 15.8. The highest BCUT2D eigenvalue weighted by molar-refractivity contribution is 9.10. The minimum atomic E-state index is -0.969. The van der Waals surface area contributed by atoms with Gasteiger partial charge in [0.2, 0.25) is 0 Å². The average molecular weight is 450 g/mol. The largest absolute Gasteiger partial charge is 0.480 e. The lowest BCUT2D eigenvalue weighted by atomic mass is 10.0. The Bertz CT molecular complexity index is 916. The number of aromatic nitrogens is 1. The molecule has 0 radical (unpaired) electrons. The van der Waals surface area contributed by atoms with Crippen LogP contribution >= 0.6 is 15.9 Å². The van der Waals surface area contributed by atoms with Gasteiger partial charge in [0, 0.05) is 54.3 Å². The van der Waals surface area contributed by atoms with Gasteiger partial charge in [-0.2, -0.15) is 0 Å². The molecule has 3 rings (SSSR count). The monoisotopic (exact) mass is 449 g/mol. The smallest absolute Gasteiger partial charge is 0.325 e. The van der Waals surface area contributed by atoms with Crippen LogP contribution in [0.1, 0.15) is 18.5 Å². The lowest BCUT2D eigenvalue weighted by Gasteiger charge is -2.37. The molecule has 2 aromatic rings. The third-order valence-electron chi connectivity index (χ3n) is 4.97. The minimum absolute atomic E-state index is 0.217. The Kier molecular flexibility index (Phi) is 6.22. The number of hydrogen-bond acceptors (Lipinski definition) is 4. The fourth-order valence-corrected chi connectivity index (χ4v) is 4.18. The SMILES string of the molecule is C=C(C)CN1CCN(C(C(=O)O)c2cn(CC(=O)O)c3cc(Br)ccc23)CC1. The van der Waals surface area contributed by atoms with Crippen molar-refractivity contribution in [1.29, 1.82) is 0 Å². The van der Waals surface area contributed by atoms with Gasteiger partial charge in [-0.05, 0) is 19.1 Å². The second kappa shape index (κ2) is 8.46. The number of rotatable bonds is 7. The van der Waals surface area contributed by atoms with Gasteiger partial charge in [0.05, 0.1) is 5.52 Å². The van der Waals surface area contributed by atoms with Crippen molar-refractivity contribution < 1.29 is 19.8 Å². The molecule has 7 nitrogen and oxygen atoms in total. The molecule has 150 valence electrons. The fraction of sp³-hybridized carbons (Fsp3) is 0.400. The van der Waals surface area contributed by atoms with Gasteiger partial charge in [0.1, 0.15) is 12.6 Å². The van der Waals surface area contributed by atoms with Crippen LogP contribution in [0, 0.1) is 0 Å². The lowest BCUT2D eigenvalue weighted by molar-refractivity contribution is -0.144. The minimum Gasteiger partial charge on any atom is -0.480 e. The van der Waals surface area contributed by atoms with E-state index in [1.165, 1.54) is 0 Å². The number of carboxylic acid groups (broad SMARTS) is 2. The zero-order valence-corrected chi connectivity index (χ0v) is 17.4. The van der Waals surface area contributed by atoms with Crippen molar-refractivity contribution in [3.8, 4) is 0 Å². The Morgan fingerprint density at radius 3 is 2.43 bits per heavy atom. The molecule has 1 saturated heterocycles. The highest BCUT2D eigenvalue weighted by Gasteiger charge is 2.32. The first-order chi connectivity index (χ1) is 13.3. The van der Waals surface area contributed by atoms with E-state index in [0.29, 0.717) is 24.2 Å². The molecule has 0 bridgehead atoms. The molecule has 0 spiro atoms. The standard InChI is InChI=1S/C20H24BrN3O4/c1-13(2)10-22-5-7-23(8-6-22)19(20(27)28)16-11-24(12-18(25)26)17-9-14(21)3-4-15(16)17/h3-4,9,11,19H,1,5-8,10,12H2,2H3,(H,25,26)(H,27,28). The van der Waals surface area contributed by atoms with Crippen molar-refractivity contribution in [2.45, 2.75) is 19.5 Å². The van der Waals surface area contributed by atoms with Crippen LogP contribution in [-0.2, 0) is 16.1 Å². The lowest BCUT2D eigenvalue weighted by Crippen LogP contribution is -2.49. The van der Waals surface area contributed by atoms with Gasteiger partial charge in [-0.15, -0.1) is 0 Å². The van der Waals surface area contributed by atoms with Crippen molar-refractivity contribution in [3.05, 3.63) is 46.6 Å². The highest BCUT2D eigenvalue weighted by Crippen LogP contribution is 2.33. The van der Waals surface area contributed by atoms with Crippen LogP contribution in [0.5, 0.6) is 0 Å². The first kappa shape index (κ1) is 20.6. The van der Waals surface area contributed by atoms with E-state index in [0.717, 1.165) is 35.1 Å². The predicted molar refractivity (Wildman–Crippen MR) is 110 cm³/mol. The molecule has 0 saturated carbocycles. The topological polar surface area (TPSA) is 86.0 Å². The van der Waals surface area contributed by atoms with E-state index in [9.17, 15) is 19.8 Å². The number of carbonyl (C=O) groups is 2. The maximum atomic E-state index is 12.2. The molecule has 1 fully saturated rings. The van der Waals surface area contributed by atoms with E-state index in [1.807, 2.05) is 30.0 Å². The third kappa shape index (κ3) is 4.45. The first-order valence-corrected chi connectivity index (χ1v) is 9.89. The summed E-state index contributed by atoms with van der Waals surface area (Å²) in [4.78, 5) is 27.7. The van der Waals surface area contributed by atoms with Gasteiger partial charge in [0.25, 0.3) is 0 Å². The van der Waals surface area contributed by atoms with Gasteiger partial charge < -0.3 is 14.8 Å². The molecule has 1 aromatic heterocycles. The van der Waals surface area contributed by atoms with E-state index in [1.54, 1.807) is 10.8 Å². The number of halogens is 1. The quantitative estimate of drug-likeness (QED) is 0.632. The fourth-order valence-electron chi connectivity index (χ4n) is 3.84. The molecule has 2 heterocycles. The summed E-state index contributed by atoms with van der Waals surface area (Å²) in [5.41, 5.74) is 2.43. The van der Waals surface area contributed by atoms with Crippen LogP contribution in [0.15, 0.2) is 41.0 Å². The molecule has 1 atom stereocenters. The summed E-state index contributed by atoms with van der Waals surface area (Å²) >= 11 is 3.41. The second-order valence-corrected chi connectivity index (χ2v) is 8.19. The summed E-state index contributed by atoms with van der Waals surface area (Å²) < 4.78 is 2.42. The molecule has 1 aromatic carbocycles. The first-order valence-electron chi connectivity index (χ1n) is 9.10. The molecular weight excluding hydrogens is 426 g/mol. The van der Waals surface area contributed by atoms with E-state index in [4.69, 9.17) is 0 Å². The van der Waals surface area contributed by atoms with E-state index in [2.05, 4.69) is 27.4 Å². The highest BCUT2D eigenvalue weighted by atomic mass is 79.9. The second-order valence-electron chi connectivity index (χ2n) is 7.28. The molecule has 28 heavy (non-hydrogen) atoms. The number of nitrogens with zero attached hydrogens (tertiary/aromatic N) is 3. The Labute approximate surface area is 172 Å². The van der Waals surface area contributed by atoms with E-state index < -0.39 is 18.0 Å². The summed E-state index contributed by atoms with van der Waals surface area (Å²) in [6.07, 6.45) is 1.67. The number of piperazine rings is 1.